The molecule has 0 radical (unpaired) electrons. The number of benzene rings is 3. The van der Waals surface area contributed by atoms with Crippen LogP contribution in [0.2, 0.25) is 0 Å². The molecule has 0 bridgehead atoms. The van der Waals surface area contributed by atoms with Crippen molar-refractivity contribution in [2.24, 2.45) is 4.99 Å². The van der Waals surface area contributed by atoms with Crippen molar-refractivity contribution in [2.45, 2.75) is 31.9 Å². The van der Waals surface area contributed by atoms with E-state index in [1.165, 1.54) is 0 Å². The summed E-state index contributed by atoms with van der Waals surface area (Å²) in [5.41, 5.74) is 2.04. The second-order valence-corrected chi connectivity index (χ2v) is 9.32. The standard InChI is InChI=1S/C25H23BrN2O3/c1-24(2,3)31-23(30)27-22-20-9-4-5-10-21(20)25(28-22,16-11-13-19(29)14-12-16)17-7-6-8-18(26)15-17/h4-15,29H,1-3H3,(H,27,28,30). The minimum atomic E-state index is -0.890. The Hall–Kier alpha value is -3.12. The Kier molecular flexibility index (Phi) is 5.35. The van der Waals surface area contributed by atoms with Gasteiger partial charge in [0.2, 0.25) is 0 Å². The van der Waals surface area contributed by atoms with Gasteiger partial charge in [0.1, 0.15) is 22.7 Å². The van der Waals surface area contributed by atoms with Gasteiger partial charge in [-0.1, -0.05) is 64.5 Å². The predicted octanol–water partition coefficient (Wildman–Crippen LogP) is 5.73. The van der Waals surface area contributed by atoms with E-state index in [9.17, 15) is 9.90 Å². The van der Waals surface area contributed by atoms with Crippen LogP contribution in [0.3, 0.4) is 0 Å². The van der Waals surface area contributed by atoms with Crippen LogP contribution in [-0.4, -0.2) is 22.6 Å². The summed E-state index contributed by atoms with van der Waals surface area (Å²) in [4.78, 5) is 17.6. The average Bonchev–Trinajstić information content (AvgIpc) is 3.02. The van der Waals surface area contributed by atoms with Gasteiger partial charge in [0.25, 0.3) is 0 Å². The van der Waals surface area contributed by atoms with E-state index in [0.29, 0.717) is 5.84 Å². The number of aromatic hydroxyl groups is 1. The monoisotopic (exact) mass is 478 g/mol. The van der Waals surface area contributed by atoms with E-state index in [1.54, 1.807) is 12.1 Å². The quantitative estimate of drug-likeness (QED) is 0.493. The van der Waals surface area contributed by atoms with Crippen LogP contribution in [0.1, 0.15) is 43.0 Å². The van der Waals surface area contributed by atoms with Crippen molar-refractivity contribution in [2.75, 3.05) is 0 Å². The molecule has 0 spiro atoms. The molecule has 5 nitrogen and oxygen atoms in total. The average molecular weight is 479 g/mol. The largest absolute Gasteiger partial charge is 0.508 e. The first-order valence-corrected chi connectivity index (χ1v) is 10.7. The van der Waals surface area contributed by atoms with Crippen molar-refractivity contribution in [1.82, 2.24) is 5.32 Å². The summed E-state index contributed by atoms with van der Waals surface area (Å²) in [5, 5.41) is 12.7. The van der Waals surface area contributed by atoms with E-state index in [4.69, 9.17) is 9.73 Å². The Morgan fingerprint density at radius 2 is 1.71 bits per heavy atom. The van der Waals surface area contributed by atoms with Gasteiger partial charge < -0.3 is 9.84 Å². The smallest absolute Gasteiger partial charge is 0.413 e. The molecule has 1 aliphatic rings. The fourth-order valence-corrected chi connectivity index (χ4v) is 4.21. The highest BCUT2D eigenvalue weighted by Gasteiger charge is 2.44. The number of phenols is 1. The number of aliphatic imine (C=N–C) groups is 1. The lowest BCUT2D eigenvalue weighted by molar-refractivity contribution is 0.0563. The molecule has 1 unspecified atom stereocenters. The Bertz CT molecular complexity index is 1170. The second kappa shape index (κ2) is 7.85. The number of amides is 1. The Morgan fingerprint density at radius 3 is 2.39 bits per heavy atom. The number of carbonyl (C=O) groups excluding carboxylic acids is 1. The van der Waals surface area contributed by atoms with Crippen molar-refractivity contribution in [1.29, 1.82) is 0 Å². The van der Waals surface area contributed by atoms with E-state index in [2.05, 4.69) is 21.2 Å². The number of carbonyl (C=O) groups is 1. The predicted molar refractivity (Wildman–Crippen MR) is 124 cm³/mol. The minimum Gasteiger partial charge on any atom is -0.508 e. The summed E-state index contributed by atoms with van der Waals surface area (Å²) in [7, 11) is 0. The second-order valence-electron chi connectivity index (χ2n) is 8.40. The van der Waals surface area contributed by atoms with Gasteiger partial charge >= 0.3 is 6.09 Å². The topological polar surface area (TPSA) is 70.9 Å². The number of hydrogen-bond donors (Lipinski definition) is 2. The van der Waals surface area contributed by atoms with Crippen molar-refractivity contribution in [3.05, 3.63) is 99.5 Å². The Balaban J connectivity index is 1.92. The van der Waals surface area contributed by atoms with Crippen molar-refractivity contribution < 1.29 is 14.6 Å². The molecule has 4 rings (SSSR count). The maximum absolute atomic E-state index is 12.6. The first-order valence-electron chi connectivity index (χ1n) is 9.94. The van der Waals surface area contributed by atoms with Gasteiger partial charge in [-0.05, 0) is 61.7 Å². The zero-order valence-corrected chi connectivity index (χ0v) is 19.1. The number of hydrogen-bond acceptors (Lipinski definition) is 4. The van der Waals surface area contributed by atoms with Gasteiger partial charge in [0, 0.05) is 10.0 Å². The number of alkyl carbamates (subject to hydrolysis) is 1. The molecule has 0 aliphatic carbocycles. The Morgan fingerprint density at radius 1 is 1.00 bits per heavy atom. The molecule has 1 heterocycles. The zero-order valence-electron chi connectivity index (χ0n) is 17.5. The fraction of sp³-hybridized carbons (Fsp3) is 0.200. The van der Waals surface area contributed by atoms with Crippen LogP contribution >= 0.6 is 15.9 Å². The van der Waals surface area contributed by atoms with Crippen LogP contribution in [0.4, 0.5) is 4.79 Å². The van der Waals surface area contributed by atoms with E-state index in [-0.39, 0.29) is 5.75 Å². The summed E-state index contributed by atoms with van der Waals surface area (Å²) in [6.45, 7) is 5.46. The summed E-state index contributed by atoms with van der Waals surface area (Å²) < 4.78 is 6.38. The number of rotatable bonds is 2. The lowest BCUT2D eigenvalue weighted by Gasteiger charge is -2.29. The van der Waals surface area contributed by atoms with Crippen LogP contribution in [0.25, 0.3) is 0 Å². The van der Waals surface area contributed by atoms with Crippen LogP contribution in [0.5, 0.6) is 5.75 Å². The molecule has 31 heavy (non-hydrogen) atoms. The van der Waals surface area contributed by atoms with E-state index in [1.807, 2.05) is 81.4 Å². The third-order valence-corrected chi connectivity index (χ3v) is 5.49. The van der Waals surface area contributed by atoms with E-state index in [0.717, 1.165) is 26.7 Å². The lowest BCUT2D eigenvalue weighted by Crippen LogP contribution is -2.36. The van der Waals surface area contributed by atoms with Crippen LogP contribution in [-0.2, 0) is 10.3 Å². The summed E-state index contributed by atoms with van der Waals surface area (Å²) >= 11 is 3.57. The molecule has 0 fully saturated rings. The third kappa shape index (κ3) is 4.08. The minimum absolute atomic E-state index is 0.176. The molecule has 6 heteroatoms. The highest BCUT2D eigenvalue weighted by Crippen LogP contribution is 2.46. The number of ether oxygens (including phenoxy) is 1. The molecular formula is C25H23BrN2O3. The highest BCUT2D eigenvalue weighted by atomic mass is 79.9. The Labute approximate surface area is 189 Å². The van der Waals surface area contributed by atoms with Crippen LogP contribution in [0.15, 0.2) is 82.3 Å². The molecule has 0 saturated carbocycles. The molecule has 158 valence electrons. The van der Waals surface area contributed by atoms with Crippen molar-refractivity contribution >= 4 is 27.9 Å². The number of fused-ring (bicyclic) bond motifs is 1. The number of halogens is 1. The molecule has 1 amide bonds. The fourth-order valence-electron chi connectivity index (χ4n) is 3.81. The SMILES string of the molecule is CC(C)(C)OC(=O)NC1=NC(c2ccc(O)cc2)(c2cccc(Br)c2)c2ccccc21. The number of amidine groups is 1. The van der Waals surface area contributed by atoms with Gasteiger partial charge in [0.05, 0.1) is 0 Å². The molecule has 1 aliphatic heterocycles. The molecule has 2 N–H and O–H groups in total. The van der Waals surface area contributed by atoms with Crippen LogP contribution < -0.4 is 5.32 Å². The lowest BCUT2D eigenvalue weighted by atomic mass is 9.77. The number of phenolic OH excluding ortho intramolecular Hbond substituents is 1. The highest BCUT2D eigenvalue weighted by molar-refractivity contribution is 9.10. The normalized spacial score (nSPS) is 17.6. The molecule has 0 aromatic heterocycles. The summed E-state index contributed by atoms with van der Waals surface area (Å²) in [6, 6.07) is 22.8. The molecular weight excluding hydrogens is 456 g/mol. The molecule has 0 saturated heterocycles. The molecule has 1 atom stereocenters. The molecule has 3 aromatic rings. The molecule has 3 aromatic carbocycles. The first-order chi connectivity index (χ1) is 14.7. The van der Waals surface area contributed by atoms with Gasteiger partial charge in [-0.25, -0.2) is 9.79 Å². The van der Waals surface area contributed by atoms with Gasteiger partial charge in [0.15, 0.2) is 0 Å². The van der Waals surface area contributed by atoms with Crippen molar-refractivity contribution in [3.63, 3.8) is 0 Å². The van der Waals surface area contributed by atoms with Crippen molar-refractivity contribution in [3.8, 4) is 5.75 Å². The zero-order chi connectivity index (χ0) is 22.2. The maximum Gasteiger partial charge on any atom is 0.413 e. The first kappa shape index (κ1) is 21.1. The van der Waals surface area contributed by atoms with Gasteiger partial charge in [-0.15, -0.1) is 0 Å². The van der Waals surface area contributed by atoms with Gasteiger partial charge in [-0.3, -0.25) is 5.32 Å². The summed E-state index contributed by atoms with van der Waals surface area (Å²) in [5.74, 6) is 0.619. The van der Waals surface area contributed by atoms with E-state index < -0.39 is 17.2 Å². The van der Waals surface area contributed by atoms with Gasteiger partial charge in [-0.2, -0.15) is 0 Å². The number of nitrogens with one attached hydrogen (secondary N) is 1. The third-order valence-electron chi connectivity index (χ3n) is 5.00. The summed E-state index contributed by atoms with van der Waals surface area (Å²) in [6.07, 6.45) is -0.559. The maximum atomic E-state index is 12.6. The van der Waals surface area contributed by atoms with E-state index >= 15 is 0 Å². The van der Waals surface area contributed by atoms with Crippen LogP contribution in [0, 0.1) is 0 Å². The number of nitrogens with zero attached hydrogens (tertiary/aromatic N) is 1.